The molecule has 5 heteroatoms. The Hall–Kier alpha value is -2.82. The van der Waals surface area contributed by atoms with Gasteiger partial charge in [0, 0.05) is 5.69 Å². The van der Waals surface area contributed by atoms with Gasteiger partial charge in [-0.1, -0.05) is 45.0 Å². The molecule has 5 nitrogen and oxygen atoms in total. The van der Waals surface area contributed by atoms with Gasteiger partial charge in [0.2, 0.25) is 5.91 Å². The van der Waals surface area contributed by atoms with Crippen LogP contribution in [0.4, 0.5) is 11.4 Å². The first-order valence-corrected chi connectivity index (χ1v) is 8.69. The molecule has 2 aromatic rings. The number of benzene rings is 2. The van der Waals surface area contributed by atoms with Gasteiger partial charge in [-0.2, -0.15) is 0 Å². The number of nitrogens with one attached hydrogen (secondary N) is 1. The van der Waals surface area contributed by atoms with Crippen molar-refractivity contribution in [2.24, 2.45) is 0 Å². The summed E-state index contributed by atoms with van der Waals surface area (Å²) in [5, 5.41) is 2.87. The standard InChI is InChI=1S/C21H24N2O3/c1-14-7-5-6-8-16(14)22-19(24)12-23-17-10-9-15(21(2,3)4)11-18(17)26-13-20(23)25/h5-11H,12-13H2,1-4H3,(H,22,24). The number of amides is 2. The van der Waals surface area contributed by atoms with E-state index < -0.39 is 0 Å². The number of hydrogen-bond acceptors (Lipinski definition) is 3. The molecule has 26 heavy (non-hydrogen) atoms. The minimum Gasteiger partial charge on any atom is -0.482 e. The third kappa shape index (κ3) is 3.72. The fraction of sp³-hybridized carbons (Fsp3) is 0.333. The van der Waals surface area contributed by atoms with E-state index in [2.05, 4.69) is 26.1 Å². The van der Waals surface area contributed by atoms with Gasteiger partial charge in [-0.3, -0.25) is 14.5 Å². The molecule has 136 valence electrons. The van der Waals surface area contributed by atoms with Crippen LogP contribution in [0.3, 0.4) is 0 Å². The van der Waals surface area contributed by atoms with Crippen molar-refractivity contribution in [3.05, 3.63) is 53.6 Å². The lowest BCUT2D eigenvalue weighted by Gasteiger charge is -2.30. The van der Waals surface area contributed by atoms with E-state index in [1.54, 1.807) is 0 Å². The maximum Gasteiger partial charge on any atom is 0.265 e. The van der Waals surface area contributed by atoms with Crippen molar-refractivity contribution >= 4 is 23.2 Å². The minimum absolute atomic E-state index is 0.0209. The Kier molecular flexibility index (Phi) is 4.72. The predicted octanol–water partition coefficient (Wildman–Crippen LogP) is 3.66. The second-order valence-corrected chi connectivity index (χ2v) is 7.56. The Morgan fingerprint density at radius 1 is 1.19 bits per heavy atom. The molecule has 0 radical (unpaired) electrons. The first-order valence-electron chi connectivity index (χ1n) is 8.69. The normalized spacial score (nSPS) is 13.8. The van der Waals surface area contributed by atoms with Crippen molar-refractivity contribution in [2.45, 2.75) is 33.1 Å². The van der Waals surface area contributed by atoms with Gasteiger partial charge in [0.15, 0.2) is 6.61 Å². The number of nitrogens with zero attached hydrogens (tertiary/aromatic N) is 1. The molecule has 1 N–H and O–H groups in total. The number of carbonyl (C=O) groups excluding carboxylic acids is 2. The third-order valence-corrected chi connectivity index (χ3v) is 4.49. The lowest BCUT2D eigenvalue weighted by molar-refractivity contribution is -0.123. The summed E-state index contributed by atoms with van der Waals surface area (Å²) >= 11 is 0. The molecule has 0 atom stereocenters. The maximum atomic E-state index is 12.5. The molecular formula is C21H24N2O3. The molecule has 0 fully saturated rings. The average Bonchev–Trinajstić information content (AvgIpc) is 2.58. The number of fused-ring (bicyclic) bond motifs is 1. The monoisotopic (exact) mass is 352 g/mol. The predicted molar refractivity (Wildman–Crippen MR) is 103 cm³/mol. The summed E-state index contributed by atoms with van der Waals surface area (Å²) in [6.45, 7) is 8.19. The van der Waals surface area contributed by atoms with Crippen LogP contribution in [0.25, 0.3) is 0 Å². The van der Waals surface area contributed by atoms with Gasteiger partial charge >= 0.3 is 0 Å². The SMILES string of the molecule is Cc1ccccc1NC(=O)CN1C(=O)COc2cc(C(C)(C)C)ccc21. The first-order chi connectivity index (χ1) is 12.3. The van der Waals surface area contributed by atoms with Gasteiger partial charge in [0.05, 0.1) is 5.69 Å². The van der Waals surface area contributed by atoms with Crippen LogP contribution in [0.2, 0.25) is 0 Å². The smallest absolute Gasteiger partial charge is 0.265 e. The van der Waals surface area contributed by atoms with Crippen LogP contribution >= 0.6 is 0 Å². The molecule has 0 unspecified atom stereocenters. The van der Waals surface area contributed by atoms with Crippen LogP contribution in [0.5, 0.6) is 5.75 Å². The topological polar surface area (TPSA) is 58.6 Å². The number of para-hydroxylation sites is 1. The Bertz CT molecular complexity index is 853. The number of hydrogen-bond donors (Lipinski definition) is 1. The average molecular weight is 352 g/mol. The Morgan fingerprint density at radius 2 is 1.92 bits per heavy atom. The summed E-state index contributed by atoms with van der Waals surface area (Å²) in [6, 6.07) is 13.3. The summed E-state index contributed by atoms with van der Waals surface area (Å²) in [6.07, 6.45) is 0. The number of anilines is 2. The van der Waals surface area contributed by atoms with Gasteiger partial charge in [0.25, 0.3) is 5.91 Å². The molecule has 2 aromatic carbocycles. The molecule has 0 aliphatic carbocycles. The molecule has 0 aromatic heterocycles. The van der Waals surface area contributed by atoms with Crippen LogP contribution < -0.4 is 15.0 Å². The molecule has 3 rings (SSSR count). The largest absolute Gasteiger partial charge is 0.482 e. The Balaban J connectivity index is 1.81. The zero-order valence-corrected chi connectivity index (χ0v) is 15.6. The number of aryl methyl sites for hydroxylation is 1. The van der Waals surface area contributed by atoms with Crippen LogP contribution in [0.15, 0.2) is 42.5 Å². The molecule has 2 amide bonds. The van der Waals surface area contributed by atoms with E-state index in [0.29, 0.717) is 11.4 Å². The first kappa shape index (κ1) is 18.0. The van der Waals surface area contributed by atoms with E-state index in [9.17, 15) is 9.59 Å². The lowest BCUT2D eigenvalue weighted by Crippen LogP contribution is -2.43. The summed E-state index contributed by atoms with van der Waals surface area (Å²) < 4.78 is 5.60. The van der Waals surface area contributed by atoms with Gasteiger partial charge < -0.3 is 10.1 Å². The Morgan fingerprint density at radius 3 is 2.62 bits per heavy atom. The molecular weight excluding hydrogens is 328 g/mol. The molecule has 1 heterocycles. The lowest BCUT2D eigenvalue weighted by atomic mass is 9.86. The number of rotatable bonds is 3. The molecule has 0 saturated heterocycles. The van der Waals surface area contributed by atoms with Crippen molar-refractivity contribution in [3.63, 3.8) is 0 Å². The van der Waals surface area contributed by atoms with Crippen molar-refractivity contribution in [1.82, 2.24) is 0 Å². The molecule has 0 spiro atoms. The fourth-order valence-corrected chi connectivity index (χ4v) is 2.89. The summed E-state index contributed by atoms with van der Waals surface area (Å²) in [4.78, 5) is 26.3. The highest BCUT2D eigenvalue weighted by molar-refractivity contribution is 6.05. The summed E-state index contributed by atoms with van der Waals surface area (Å²) in [7, 11) is 0. The Labute approximate surface area is 154 Å². The van der Waals surface area contributed by atoms with Crippen LogP contribution in [-0.2, 0) is 15.0 Å². The molecule has 0 saturated carbocycles. The van der Waals surface area contributed by atoms with E-state index >= 15 is 0 Å². The minimum atomic E-state index is -0.236. The van der Waals surface area contributed by atoms with E-state index in [4.69, 9.17) is 4.74 Å². The quantitative estimate of drug-likeness (QED) is 0.917. The second-order valence-electron chi connectivity index (χ2n) is 7.56. The molecule has 1 aliphatic heterocycles. The van der Waals surface area contributed by atoms with Crippen molar-refractivity contribution < 1.29 is 14.3 Å². The van der Waals surface area contributed by atoms with Crippen LogP contribution in [0, 0.1) is 6.92 Å². The van der Waals surface area contributed by atoms with Crippen molar-refractivity contribution in [2.75, 3.05) is 23.4 Å². The number of ether oxygens (including phenoxy) is 1. The van der Waals surface area contributed by atoms with Crippen molar-refractivity contribution in [1.29, 1.82) is 0 Å². The van der Waals surface area contributed by atoms with Crippen LogP contribution in [0.1, 0.15) is 31.9 Å². The summed E-state index contributed by atoms with van der Waals surface area (Å²) in [5.74, 6) is 0.182. The number of carbonyl (C=O) groups is 2. The van der Waals surface area contributed by atoms with E-state index in [0.717, 1.165) is 16.8 Å². The highest BCUT2D eigenvalue weighted by Crippen LogP contribution is 2.36. The van der Waals surface area contributed by atoms with Gasteiger partial charge in [-0.05, 0) is 41.7 Å². The molecule has 1 aliphatic rings. The summed E-state index contributed by atoms with van der Waals surface area (Å²) in [5.41, 5.74) is 3.46. The van der Waals surface area contributed by atoms with Crippen LogP contribution in [-0.4, -0.2) is 25.0 Å². The van der Waals surface area contributed by atoms with E-state index in [-0.39, 0.29) is 30.4 Å². The van der Waals surface area contributed by atoms with E-state index in [1.165, 1.54) is 4.90 Å². The van der Waals surface area contributed by atoms with E-state index in [1.807, 2.05) is 49.4 Å². The zero-order chi connectivity index (χ0) is 18.9. The second kappa shape index (κ2) is 6.83. The zero-order valence-electron chi connectivity index (χ0n) is 15.6. The third-order valence-electron chi connectivity index (χ3n) is 4.49. The highest BCUT2D eigenvalue weighted by Gasteiger charge is 2.28. The highest BCUT2D eigenvalue weighted by atomic mass is 16.5. The van der Waals surface area contributed by atoms with Gasteiger partial charge in [-0.15, -0.1) is 0 Å². The fourth-order valence-electron chi connectivity index (χ4n) is 2.89. The van der Waals surface area contributed by atoms with Crippen molar-refractivity contribution in [3.8, 4) is 5.75 Å². The molecule has 0 bridgehead atoms. The van der Waals surface area contributed by atoms with Gasteiger partial charge in [-0.25, -0.2) is 0 Å². The maximum absolute atomic E-state index is 12.5. The van der Waals surface area contributed by atoms with Gasteiger partial charge in [0.1, 0.15) is 12.3 Å².